The molecule has 1 aliphatic heterocycles. The average molecular weight is 611 g/mol. The van der Waals surface area contributed by atoms with Crippen LogP contribution in [0, 0.1) is 23.0 Å². The number of aromatic nitrogens is 2. The maximum Gasteiger partial charge on any atom is 0.234 e. The predicted molar refractivity (Wildman–Crippen MR) is 153 cm³/mol. The van der Waals surface area contributed by atoms with Gasteiger partial charge in [-0.05, 0) is 42.7 Å². The Balaban J connectivity index is 1.43. The van der Waals surface area contributed by atoms with E-state index in [1.54, 1.807) is 23.1 Å². The second-order valence-corrected chi connectivity index (χ2v) is 11.4. The number of nitrogens with two attached hydrogens (primary N) is 1. The van der Waals surface area contributed by atoms with E-state index in [9.17, 15) is 23.6 Å². The molecule has 1 amide bonds. The van der Waals surface area contributed by atoms with E-state index in [4.69, 9.17) is 15.2 Å². The molecule has 1 atom stereocenters. The fourth-order valence-electron chi connectivity index (χ4n) is 4.93. The van der Waals surface area contributed by atoms with Crippen molar-refractivity contribution in [3.63, 3.8) is 0 Å². The number of benzene rings is 2. The molecule has 0 spiro atoms. The molecule has 1 unspecified atom stereocenters. The topological polar surface area (TPSA) is 143 Å². The molecule has 42 heavy (non-hydrogen) atoms. The molecule has 0 radical (unpaired) electrons. The first kappa shape index (κ1) is 29.0. The molecule has 2 aromatic carbocycles. The molecule has 1 aliphatic carbocycles. The van der Waals surface area contributed by atoms with Crippen LogP contribution in [0.3, 0.4) is 0 Å². The number of halogens is 2. The zero-order chi connectivity index (χ0) is 30.0. The van der Waals surface area contributed by atoms with Crippen LogP contribution in [0.5, 0.6) is 11.5 Å². The number of nitrogens with one attached hydrogen (secondary N) is 1. The molecule has 14 heteroatoms. The molecular formula is C28H24F2N6O4S2. The number of ether oxygens (including phenoxy) is 2. The summed E-state index contributed by atoms with van der Waals surface area (Å²) in [5.74, 6) is -1.98. The predicted octanol–water partition coefficient (Wildman–Crippen LogP) is 4.87. The monoisotopic (exact) mass is 610 g/mol. The maximum atomic E-state index is 13.9. The Morgan fingerprint density at radius 3 is 2.69 bits per heavy atom. The Morgan fingerprint density at radius 2 is 1.98 bits per heavy atom. The first-order chi connectivity index (χ1) is 20.2. The lowest BCUT2D eigenvalue weighted by molar-refractivity contribution is -0.116. The summed E-state index contributed by atoms with van der Waals surface area (Å²) in [6, 6.07) is 10.3. The zero-order valence-corrected chi connectivity index (χ0v) is 24.1. The third-order valence-corrected chi connectivity index (χ3v) is 8.82. The summed E-state index contributed by atoms with van der Waals surface area (Å²) < 4.78 is 38.2. The van der Waals surface area contributed by atoms with Gasteiger partial charge in [0.05, 0.1) is 43.2 Å². The van der Waals surface area contributed by atoms with Gasteiger partial charge in [-0.1, -0.05) is 29.2 Å². The van der Waals surface area contributed by atoms with Gasteiger partial charge in [0.15, 0.2) is 21.6 Å². The fourth-order valence-corrected chi connectivity index (χ4v) is 6.61. The summed E-state index contributed by atoms with van der Waals surface area (Å²) >= 11 is 2.19. The quantitative estimate of drug-likeness (QED) is 0.339. The van der Waals surface area contributed by atoms with Gasteiger partial charge in [0.25, 0.3) is 0 Å². The van der Waals surface area contributed by atoms with Crippen molar-refractivity contribution in [1.29, 1.82) is 5.26 Å². The summed E-state index contributed by atoms with van der Waals surface area (Å²) in [4.78, 5) is 27.3. The Labute approximate surface area is 247 Å². The highest BCUT2D eigenvalue weighted by Crippen LogP contribution is 2.48. The number of allylic oxidation sites excluding steroid dienone is 3. The third-order valence-electron chi connectivity index (χ3n) is 6.77. The largest absolute Gasteiger partial charge is 0.493 e. The van der Waals surface area contributed by atoms with E-state index in [0.717, 1.165) is 35.2 Å². The minimum Gasteiger partial charge on any atom is -0.493 e. The second kappa shape index (κ2) is 12.2. The molecule has 216 valence electrons. The number of amides is 1. The number of carbonyl (C=O) groups is 2. The van der Waals surface area contributed by atoms with Crippen molar-refractivity contribution in [2.24, 2.45) is 5.73 Å². The molecule has 3 N–H and O–H groups in total. The van der Waals surface area contributed by atoms with Crippen LogP contribution in [-0.4, -0.2) is 41.9 Å². The summed E-state index contributed by atoms with van der Waals surface area (Å²) in [5, 5.41) is 21.4. The van der Waals surface area contributed by atoms with Gasteiger partial charge >= 0.3 is 0 Å². The zero-order valence-electron chi connectivity index (χ0n) is 22.4. The summed E-state index contributed by atoms with van der Waals surface area (Å²) in [6.45, 7) is 0. The number of nitrogens with zero attached hydrogens (tertiary/aromatic N) is 4. The molecule has 0 saturated carbocycles. The van der Waals surface area contributed by atoms with Crippen LogP contribution in [0.2, 0.25) is 0 Å². The van der Waals surface area contributed by atoms with E-state index in [2.05, 4.69) is 21.6 Å². The molecule has 0 fully saturated rings. The second-order valence-electron chi connectivity index (χ2n) is 9.24. The van der Waals surface area contributed by atoms with Gasteiger partial charge in [0.2, 0.25) is 11.0 Å². The van der Waals surface area contributed by atoms with Crippen molar-refractivity contribution < 1.29 is 27.8 Å². The number of methoxy groups -OCH3 is 2. The average Bonchev–Trinajstić information content (AvgIpc) is 3.45. The summed E-state index contributed by atoms with van der Waals surface area (Å²) in [5.41, 5.74) is 8.41. The van der Waals surface area contributed by atoms with Crippen LogP contribution in [0.4, 0.5) is 19.6 Å². The fraction of sp³-hybridized carbons (Fsp3) is 0.250. The summed E-state index contributed by atoms with van der Waals surface area (Å²) in [6.07, 6.45) is 1.45. The van der Waals surface area contributed by atoms with Crippen molar-refractivity contribution in [2.75, 3.05) is 30.2 Å². The van der Waals surface area contributed by atoms with Crippen molar-refractivity contribution >= 4 is 45.6 Å². The van der Waals surface area contributed by atoms with Gasteiger partial charge in [-0.25, -0.2) is 8.78 Å². The van der Waals surface area contributed by atoms with Gasteiger partial charge in [-0.15, -0.1) is 10.2 Å². The molecule has 3 aromatic rings. The van der Waals surface area contributed by atoms with Crippen LogP contribution < -0.4 is 25.4 Å². The number of hydrogen-bond acceptors (Lipinski definition) is 11. The van der Waals surface area contributed by atoms with E-state index < -0.39 is 23.5 Å². The minimum absolute atomic E-state index is 0.0925. The van der Waals surface area contributed by atoms with Gasteiger partial charge in [0, 0.05) is 23.8 Å². The number of hydrogen-bond donors (Lipinski definition) is 2. The lowest BCUT2D eigenvalue weighted by atomic mass is 9.75. The molecule has 0 bridgehead atoms. The van der Waals surface area contributed by atoms with Crippen LogP contribution in [0.15, 0.2) is 63.4 Å². The third kappa shape index (κ3) is 5.53. The van der Waals surface area contributed by atoms with E-state index in [1.807, 2.05) is 0 Å². The smallest absolute Gasteiger partial charge is 0.234 e. The van der Waals surface area contributed by atoms with Crippen LogP contribution in [0.1, 0.15) is 30.7 Å². The van der Waals surface area contributed by atoms with Crippen molar-refractivity contribution in [3.8, 4) is 17.6 Å². The normalized spacial score (nSPS) is 16.7. The van der Waals surface area contributed by atoms with Crippen molar-refractivity contribution in [2.45, 2.75) is 29.5 Å². The molecular weight excluding hydrogens is 586 g/mol. The number of rotatable bonds is 8. The molecule has 10 nitrogen and oxygen atoms in total. The van der Waals surface area contributed by atoms with Crippen molar-refractivity contribution in [1.82, 2.24) is 10.2 Å². The van der Waals surface area contributed by atoms with Gasteiger partial charge in [-0.3, -0.25) is 14.5 Å². The van der Waals surface area contributed by atoms with E-state index in [0.29, 0.717) is 63.1 Å². The number of anilines is 2. The van der Waals surface area contributed by atoms with Gasteiger partial charge < -0.3 is 20.5 Å². The SMILES string of the molecule is COc1ccc(C2C(C#N)=C(N)N(c3nnc(SCC(=O)Nc4ccc(F)cc4F)s3)C3=C2C(=O)CCC3)cc1OC. The molecule has 0 saturated heterocycles. The molecule has 2 aliphatic rings. The molecule has 2 heterocycles. The number of carbonyl (C=O) groups excluding carboxylic acids is 2. The van der Waals surface area contributed by atoms with Crippen LogP contribution in [-0.2, 0) is 9.59 Å². The van der Waals surface area contributed by atoms with Gasteiger partial charge in [0.1, 0.15) is 17.5 Å². The van der Waals surface area contributed by atoms with Crippen LogP contribution >= 0.6 is 23.1 Å². The van der Waals surface area contributed by atoms with E-state index in [-0.39, 0.29) is 28.6 Å². The van der Waals surface area contributed by atoms with Gasteiger partial charge in [-0.2, -0.15) is 5.26 Å². The first-order valence-electron chi connectivity index (χ1n) is 12.6. The molecule has 5 rings (SSSR count). The number of nitriles is 1. The Morgan fingerprint density at radius 1 is 1.19 bits per heavy atom. The molecule has 1 aromatic heterocycles. The summed E-state index contributed by atoms with van der Waals surface area (Å²) in [7, 11) is 3.03. The number of Topliss-reactive ketones (excluding diaryl/α,β-unsaturated/α-hetero) is 1. The Hall–Kier alpha value is -4.48. The van der Waals surface area contributed by atoms with E-state index >= 15 is 0 Å². The lowest BCUT2D eigenvalue weighted by Gasteiger charge is -2.38. The van der Waals surface area contributed by atoms with Crippen molar-refractivity contribution in [3.05, 3.63) is 76.3 Å². The Bertz CT molecular complexity index is 1680. The maximum absolute atomic E-state index is 13.9. The number of ketones is 1. The highest BCUT2D eigenvalue weighted by Gasteiger charge is 2.41. The Kier molecular flexibility index (Phi) is 8.41. The minimum atomic E-state index is -0.885. The lowest BCUT2D eigenvalue weighted by Crippen LogP contribution is -2.38. The van der Waals surface area contributed by atoms with Crippen LogP contribution in [0.25, 0.3) is 0 Å². The highest BCUT2D eigenvalue weighted by atomic mass is 32.2. The standard InChI is InChI=1S/C28H24F2N6O4S2/c1-39-21-9-6-14(10-22(21)40-2)24-16(12-31)26(32)36(19-4-3-5-20(37)25(19)24)27-34-35-28(42-27)41-13-23(38)33-18-8-7-15(29)11-17(18)30/h6-11,24H,3-5,13,32H2,1-2H3,(H,33,38). The first-order valence-corrected chi connectivity index (χ1v) is 14.4. The van der Waals surface area contributed by atoms with E-state index in [1.165, 1.54) is 14.2 Å². The number of thioether (sulfide) groups is 1. The highest BCUT2D eigenvalue weighted by molar-refractivity contribution is 8.01.